The lowest BCUT2D eigenvalue weighted by molar-refractivity contribution is -0.160. The monoisotopic (exact) mass is 286 g/mol. The Morgan fingerprint density at radius 1 is 1.35 bits per heavy atom. The summed E-state index contributed by atoms with van der Waals surface area (Å²) in [5.41, 5.74) is -1.17. The molecule has 5 heteroatoms. The van der Waals surface area contributed by atoms with Gasteiger partial charge in [-0.1, -0.05) is 20.8 Å². The van der Waals surface area contributed by atoms with Crippen molar-refractivity contribution in [1.82, 2.24) is 10.2 Å². The van der Waals surface area contributed by atoms with Crippen LogP contribution in [0.3, 0.4) is 0 Å². The number of carbonyl (C=O) groups is 1. The van der Waals surface area contributed by atoms with Crippen LogP contribution < -0.4 is 5.32 Å². The van der Waals surface area contributed by atoms with E-state index >= 15 is 0 Å². The van der Waals surface area contributed by atoms with Gasteiger partial charge in [-0.05, 0) is 32.9 Å². The first-order chi connectivity index (χ1) is 9.41. The number of rotatable bonds is 8. The van der Waals surface area contributed by atoms with Crippen LogP contribution >= 0.6 is 0 Å². The molecule has 0 aromatic rings. The summed E-state index contributed by atoms with van der Waals surface area (Å²) >= 11 is 0. The van der Waals surface area contributed by atoms with Crippen LogP contribution in [0.4, 0.5) is 0 Å². The van der Waals surface area contributed by atoms with Crippen LogP contribution in [0.15, 0.2) is 0 Å². The normalized spacial score (nSPS) is 30.6. The standard InChI is InChI=1S/C15H30N2O3/c1-5-14(4)12-15(13(18)19,8-11-20-14)16-9-10-17(6-2)7-3/h16H,5-12H2,1-4H3,(H,18,19). The summed E-state index contributed by atoms with van der Waals surface area (Å²) in [5.74, 6) is -0.750. The van der Waals surface area contributed by atoms with E-state index in [1.165, 1.54) is 0 Å². The first-order valence-corrected chi connectivity index (χ1v) is 7.76. The molecule has 0 aromatic carbocycles. The number of nitrogens with zero attached hydrogens (tertiary/aromatic N) is 1. The molecule has 5 nitrogen and oxygen atoms in total. The summed E-state index contributed by atoms with van der Waals surface area (Å²) in [6.07, 6.45) is 1.90. The highest BCUT2D eigenvalue weighted by molar-refractivity contribution is 5.79. The summed E-state index contributed by atoms with van der Waals surface area (Å²) in [4.78, 5) is 14.1. The molecule has 1 aliphatic rings. The van der Waals surface area contributed by atoms with Crippen molar-refractivity contribution in [3.05, 3.63) is 0 Å². The molecule has 1 fully saturated rings. The van der Waals surface area contributed by atoms with Crippen molar-refractivity contribution in [2.24, 2.45) is 0 Å². The fraction of sp³-hybridized carbons (Fsp3) is 0.933. The molecule has 2 atom stereocenters. The van der Waals surface area contributed by atoms with Gasteiger partial charge in [0.2, 0.25) is 0 Å². The van der Waals surface area contributed by atoms with Crippen LogP contribution in [0.5, 0.6) is 0 Å². The van der Waals surface area contributed by atoms with Crippen molar-refractivity contribution >= 4 is 5.97 Å². The van der Waals surface area contributed by atoms with Crippen LogP contribution in [0.2, 0.25) is 0 Å². The quantitative estimate of drug-likeness (QED) is 0.711. The first-order valence-electron chi connectivity index (χ1n) is 7.76. The molecule has 0 aromatic heterocycles. The Labute approximate surface area is 122 Å². The molecule has 2 N–H and O–H groups in total. The molecule has 0 spiro atoms. The average molecular weight is 286 g/mol. The number of hydrogen-bond donors (Lipinski definition) is 2. The van der Waals surface area contributed by atoms with E-state index < -0.39 is 11.5 Å². The number of carboxylic acid groups (broad SMARTS) is 1. The van der Waals surface area contributed by atoms with Crippen molar-refractivity contribution in [3.63, 3.8) is 0 Å². The largest absolute Gasteiger partial charge is 0.480 e. The topological polar surface area (TPSA) is 61.8 Å². The molecule has 0 aliphatic carbocycles. The van der Waals surface area contributed by atoms with E-state index in [0.717, 1.165) is 26.1 Å². The number of nitrogens with one attached hydrogen (secondary N) is 1. The molecule has 0 radical (unpaired) electrons. The molecular weight excluding hydrogens is 256 g/mol. The van der Waals surface area contributed by atoms with Gasteiger partial charge in [-0.15, -0.1) is 0 Å². The minimum absolute atomic E-state index is 0.334. The van der Waals surface area contributed by atoms with Crippen LogP contribution in [-0.2, 0) is 9.53 Å². The van der Waals surface area contributed by atoms with E-state index in [-0.39, 0.29) is 5.60 Å². The molecule has 1 aliphatic heterocycles. The maximum Gasteiger partial charge on any atom is 0.324 e. The highest BCUT2D eigenvalue weighted by Gasteiger charge is 2.47. The van der Waals surface area contributed by atoms with Crippen LogP contribution in [-0.4, -0.2) is 59.9 Å². The van der Waals surface area contributed by atoms with E-state index in [1.54, 1.807) is 0 Å². The van der Waals surface area contributed by atoms with Crippen LogP contribution in [0.25, 0.3) is 0 Å². The lowest BCUT2D eigenvalue weighted by Gasteiger charge is -2.44. The predicted octanol–water partition coefficient (Wildman–Crippen LogP) is 1.72. The first kappa shape index (κ1) is 17.4. The van der Waals surface area contributed by atoms with Gasteiger partial charge in [0, 0.05) is 26.1 Å². The summed E-state index contributed by atoms with van der Waals surface area (Å²) in [6, 6.07) is 0. The zero-order valence-corrected chi connectivity index (χ0v) is 13.4. The van der Waals surface area contributed by atoms with Gasteiger partial charge in [0.25, 0.3) is 0 Å². The average Bonchev–Trinajstić information content (AvgIpc) is 2.43. The summed E-state index contributed by atoms with van der Waals surface area (Å²) < 4.78 is 5.78. The van der Waals surface area contributed by atoms with Crippen molar-refractivity contribution < 1.29 is 14.6 Å². The number of hydrogen-bond acceptors (Lipinski definition) is 4. The van der Waals surface area contributed by atoms with Crippen LogP contribution in [0.1, 0.15) is 47.0 Å². The summed E-state index contributed by atoms with van der Waals surface area (Å²) in [7, 11) is 0. The Bertz CT molecular complexity index is 320. The molecule has 20 heavy (non-hydrogen) atoms. The lowest BCUT2D eigenvalue weighted by Crippen LogP contribution is -2.61. The van der Waals surface area contributed by atoms with Gasteiger partial charge in [-0.25, -0.2) is 0 Å². The maximum absolute atomic E-state index is 11.8. The Hall–Kier alpha value is -0.650. The van der Waals surface area contributed by atoms with E-state index in [2.05, 4.69) is 24.1 Å². The minimum atomic E-state index is -0.837. The predicted molar refractivity (Wildman–Crippen MR) is 80.0 cm³/mol. The Kier molecular flexibility index (Phi) is 6.43. The number of carboxylic acids is 1. The van der Waals surface area contributed by atoms with Crippen molar-refractivity contribution in [2.45, 2.75) is 58.1 Å². The van der Waals surface area contributed by atoms with E-state index in [1.807, 2.05) is 13.8 Å². The Balaban J connectivity index is 2.66. The fourth-order valence-electron chi connectivity index (χ4n) is 2.88. The smallest absolute Gasteiger partial charge is 0.324 e. The molecule has 1 rings (SSSR count). The van der Waals surface area contributed by atoms with Crippen molar-refractivity contribution in [2.75, 3.05) is 32.8 Å². The highest BCUT2D eigenvalue weighted by atomic mass is 16.5. The van der Waals surface area contributed by atoms with Crippen LogP contribution in [0, 0.1) is 0 Å². The van der Waals surface area contributed by atoms with Gasteiger partial charge in [0.15, 0.2) is 0 Å². The molecule has 1 heterocycles. The molecule has 1 saturated heterocycles. The summed E-state index contributed by atoms with van der Waals surface area (Å²) in [5, 5.41) is 13.0. The SMILES string of the molecule is CCN(CC)CCNC1(C(=O)O)CCOC(C)(CC)C1. The molecule has 0 saturated carbocycles. The Morgan fingerprint density at radius 2 is 2.00 bits per heavy atom. The second-order valence-corrected chi connectivity index (χ2v) is 5.92. The van der Waals surface area contributed by atoms with Gasteiger partial charge in [-0.3, -0.25) is 4.79 Å². The van der Waals surface area contributed by atoms with Gasteiger partial charge in [0.1, 0.15) is 5.54 Å². The third-order valence-electron chi connectivity index (χ3n) is 4.60. The second-order valence-electron chi connectivity index (χ2n) is 5.92. The van der Waals surface area contributed by atoms with E-state index in [9.17, 15) is 9.90 Å². The van der Waals surface area contributed by atoms with E-state index in [4.69, 9.17) is 4.74 Å². The van der Waals surface area contributed by atoms with Crippen molar-refractivity contribution in [3.8, 4) is 0 Å². The fourth-order valence-corrected chi connectivity index (χ4v) is 2.88. The third kappa shape index (κ3) is 4.17. The number of likely N-dealkylation sites (N-methyl/N-ethyl adjacent to an activating group) is 1. The van der Waals surface area contributed by atoms with Gasteiger partial charge in [0.05, 0.1) is 5.60 Å². The Morgan fingerprint density at radius 3 is 2.50 bits per heavy atom. The highest BCUT2D eigenvalue weighted by Crippen LogP contribution is 2.34. The minimum Gasteiger partial charge on any atom is -0.480 e. The number of aliphatic carboxylic acids is 1. The molecular formula is C15H30N2O3. The second kappa shape index (κ2) is 7.38. The maximum atomic E-state index is 11.8. The molecule has 0 bridgehead atoms. The molecule has 118 valence electrons. The van der Waals surface area contributed by atoms with Crippen molar-refractivity contribution in [1.29, 1.82) is 0 Å². The van der Waals surface area contributed by atoms with Gasteiger partial charge in [-0.2, -0.15) is 0 Å². The molecule has 2 unspecified atom stereocenters. The molecule has 0 amide bonds. The lowest BCUT2D eigenvalue weighted by atomic mass is 9.79. The zero-order chi connectivity index (χ0) is 15.2. The third-order valence-corrected chi connectivity index (χ3v) is 4.60. The number of ether oxygens (including phenoxy) is 1. The van der Waals surface area contributed by atoms with Gasteiger partial charge < -0.3 is 20.1 Å². The van der Waals surface area contributed by atoms with Gasteiger partial charge >= 0.3 is 5.97 Å². The van der Waals surface area contributed by atoms with E-state index in [0.29, 0.717) is 26.0 Å². The zero-order valence-electron chi connectivity index (χ0n) is 13.4. The summed E-state index contributed by atoms with van der Waals surface area (Å²) in [6.45, 7) is 12.4.